The highest BCUT2D eigenvalue weighted by Crippen LogP contribution is 2.60. The van der Waals surface area contributed by atoms with Gasteiger partial charge in [0, 0.05) is 11.1 Å². The molecule has 0 saturated heterocycles. The number of benzene rings is 1. The number of sulfonamides is 1. The molecule has 0 spiro atoms. The molecule has 4 bridgehead atoms. The first-order valence-electron chi connectivity index (χ1n) is 9.56. The summed E-state index contributed by atoms with van der Waals surface area (Å²) >= 11 is 0. The summed E-state index contributed by atoms with van der Waals surface area (Å²) in [5.74, 6) is 2.49. The largest absolute Gasteiger partial charge is 0.276 e. The van der Waals surface area contributed by atoms with E-state index in [2.05, 4.69) is 16.9 Å². The Bertz CT molecular complexity index is 745. The maximum absolute atomic E-state index is 12.6. The van der Waals surface area contributed by atoms with Crippen LogP contribution in [0.5, 0.6) is 0 Å². The normalized spacial score (nSPS) is 34.3. The lowest BCUT2D eigenvalue weighted by Gasteiger charge is -2.57. The van der Waals surface area contributed by atoms with Gasteiger partial charge >= 0.3 is 0 Å². The average Bonchev–Trinajstić information content (AvgIpc) is 2.54. The molecular weight excluding hydrogens is 332 g/mol. The lowest BCUT2D eigenvalue weighted by Crippen LogP contribution is -2.50. The molecule has 25 heavy (non-hydrogen) atoms. The van der Waals surface area contributed by atoms with Gasteiger partial charge in [0.15, 0.2) is 0 Å². The molecule has 4 aliphatic rings. The van der Waals surface area contributed by atoms with E-state index in [4.69, 9.17) is 0 Å². The highest BCUT2D eigenvalue weighted by molar-refractivity contribution is 7.89. The Morgan fingerprint density at radius 3 is 2.08 bits per heavy atom. The van der Waals surface area contributed by atoms with Crippen molar-refractivity contribution in [2.45, 2.75) is 63.7 Å². The third kappa shape index (κ3) is 3.12. The Hall–Kier alpha value is -1.36. The fourth-order valence-electron chi connectivity index (χ4n) is 5.92. The number of hydrogen-bond donors (Lipinski definition) is 1. The second-order valence-electron chi connectivity index (χ2n) is 8.52. The predicted molar refractivity (Wildman–Crippen MR) is 99.8 cm³/mol. The number of hydrogen-bond acceptors (Lipinski definition) is 3. The Morgan fingerprint density at radius 2 is 1.60 bits per heavy atom. The van der Waals surface area contributed by atoms with Crippen LogP contribution in [-0.4, -0.2) is 14.1 Å². The fraction of sp³-hybridized carbons (Fsp3) is 0.650. The Morgan fingerprint density at radius 1 is 1.08 bits per heavy atom. The first kappa shape index (κ1) is 17.1. The standard InChI is InChI=1S/C20H28N2O2S/c1-3-19(20-11-15-8-16(12-20)10-17(9-15)13-20)21-22-25(23,24)18-6-4-14(2)5-7-18/h4-7,15-17,22H,3,8-13H2,1-2H3/b21-19+. The summed E-state index contributed by atoms with van der Waals surface area (Å²) in [7, 11) is -3.59. The van der Waals surface area contributed by atoms with Crippen LogP contribution in [0.15, 0.2) is 34.3 Å². The topological polar surface area (TPSA) is 58.5 Å². The van der Waals surface area contributed by atoms with Crippen LogP contribution in [0.25, 0.3) is 0 Å². The van der Waals surface area contributed by atoms with E-state index in [-0.39, 0.29) is 10.3 Å². The highest BCUT2D eigenvalue weighted by Gasteiger charge is 2.52. The van der Waals surface area contributed by atoms with Crippen LogP contribution in [0.4, 0.5) is 0 Å². The summed E-state index contributed by atoms with van der Waals surface area (Å²) in [6, 6.07) is 6.92. The van der Waals surface area contributed by atoms with Crippen LogP contribution < -0.4 is 4.83 Å². The molecule has 5 heteroatoms. The van der Waals surface area contributed by atoms with Crippen LogP contribution in [0.1, 0.15) is 57.4 Å². The molecule has 0 atom stereocenters. The van der Waals surface area contributed by atoms with Crippen molar-refractivity contribution >= 4 is 15.7 Å². The summed E-state index contributed by atoms with van der Waals surface area (Å²) in [4.78, 5) is 2.81. The van der Waals surface area contributed by atoms with Gasteiger partial charge in [-0.25, -0.2) is 4.83 Å². The number of nitrogens with zero attached hydrogens (tertiary/aromatic N) is 1. The van der Waals surface area contributed by atoms with Crippen molar-refractivity contribution in [3.63, 3.8) is 0 Å². The quantitative estimate of drug-likeness (QED) is 0.630. The van der Waals surface area contributed by atoms with Gasteiger partial charge in [-0.2, -0.15) is 13.5 Å². The van der Waals surface area contributed by atoms with Gasteiger partial charge in [-0.3, -0.25) is 0 Å². The minimum atomic E-state index is -3.59. The number of hydrazone groups is 1. The molecule has 0 unspecified atom stereocenters. The fourth-order valence-corrected chi connectivity index (χ4v) is 6.75. The third-order valence-corrected chi connectivity index (χ3v) is 7.84. The van der Waals surface area contributed by atoms with Crippen molar-refractivity contribution in [3.05, 3.63) is 29.8 Å². The van der Waals surface area contributed by atoms with E-state index >= 15 is 0 Å². The van der Waals surface area contributed by atoms with Gasteiger partial charge in [-0.15, -0.1) is 0 Å². The van der Waals surface area contributed by atoms with E-state index in [9.17, 15) is 8.42 Å². The van der Waals surface area contributed by atoms with Crippen molar-refractivity contribution < 1.29 is 8.42 Å². The summed E-state index contributed by atoms with van der Waals surface area (Å²) in [6.07, 6.45) is 8.58. The Balaban J connectivity index is 1.58. The van der Waals surface area contributed by atoms with Gasteiger partial charge in [0.25, 0.3) is 10.0 Å². The van der Waals surface area contributed by atoms with Crippen LogP contribution in [0, 0.1) is 30.1 Å². The van der Waals surface area contributed by atoms with E-state index < -0.39 is 10.0 Å². The average molecular weight is 361 g/mol. The molecule has 136 valence electrons. The van der Waals surface area contributed by atoms with E-state index in [1.807, 2.05) is 19.1 Å². The molecular formula is C20H28N2O2S. The summed E-state index contributed by atoms with van der Waals surface area (Å²) < 4.78 is 25.1. The van der Waals surface area contributed by atoms with Crippen LogP contribution in [-0.2, 0) is 10.0 Å². The molecule has 4 nitrogen and oxygen atoms in total. The van der Waals surface area contributed by atoms with Crippen molar-refractivity contribution in [1.82, 2.24) is 4.83 Å². The lowest BCUT2D eigenvalue weighted by molar-refractivity contribution is -0.0134. The van der Waals surface area contributed by atoms with Crippen molar-refractivity contribution in [2.75, 3.05) is 0 Å². The molecule has 0 radical (unpaired) electrons. The number of nitrogens with one attached hydrogen (secondary N) is 1. The smallest absolute Gasteiger partial charge is 0.200 e. The maximum Gasteiger partial charge on any atom is 0.276 e. The van der Waals surface area contributed by atoms with Gasteiger partial charge in [-0.1, -0.05) is 24.6 Å². The van der Waals surface area contributed by atoms with Gasteiger partial charge in [0.1, 0.15) is 0 Å². The van der Waals surface area contributed by atoms with Crippen molar-refractivity contribution in [2.24, 2.45) is 28.3 Å². The van der Waals surface area contributed by atoms with E-state index in [0.29, 0.717) is 0 Å². The zero-order valence-corrected chi connectivity index (χ0v) is 16.0. The molecule has 0 aromatic heterocycles. The summed E-state index contributed by atoms with van der Waals surface area (Å²) in [5, 5.41) is 4.48. The molecule has 4 aliphatic carbocycles. The minimum absolute atomic E-state index is 0.152. The highest BCUT2D eigenvalue weighted by atomic mass is 32.2. The van der Waals surface area contributed by atoms with Gasteiger partial charge in [0.05, 0.1) is 4.90 Å². The van der Waals surface area contributed by atoms with Crippen LogP contribution in [0.3, 0.4) is 0 Å². The predicted octanol–water partition coefficient (Wildman–Crippen LogP) is 4.26. The number of rotatable bonds is 5. The SMILES string of the molecule is CC/C(=N\NS(=O)(=O)c1ccc(C)cc1)C12CC3CC(CC(C3)C1)C2. The second kappa shape index (κ2) is 6.11. The Kier molecular flexibility index (Phi) is 4.18. The van der Waals surface area contributed by atoms with E-state index in [1.54, 1.807) is 12.1 Å². The zero-order valence-electron chi connectivity index (χ0n) is 15.2. The second-order valence-corrected chi connectivity index (χ2v) is 10.2. The van der Waals surface area contributed by atoms with Gasteiger partial charge in [-0.05, 0) is 81.8 Å². The Labute approximate surface area is 151 Å². The van der Waals surface area contributed by atoms with Gasteiger partial charge in [0.2, 0.25) is 0 Å². The van der Waals surface area contributed by atoms with E-state index in [1.165, 1.54) is 38.5 Å². The van der Waals surface area contributed by atoms with Crippen molar-refractivity contribution in [1.29, 1.82) is 0 Å². The minimum Gasteiger partial charge on any atom is -0.200 e. The summed E-state index contributed by atoms with van der Waals surface area (Å²) in [6.45, 7) is 4.06. The third-order valence-electron chi connectivity index (χ3n) is 6.62. The van der Waals surface area contributed by atoms with Crippen LogP contribution >= 0.6 is 0 Å². The molecule has 0 amide bonds. The monoisotopic (exact) mass is 360 g/mol. The molecule has 1 aromatic rings. The molecule has 1 N–H and O–H groups in total. The molecule has 0 aliphatic heterocycles. The molecule has 0 heterocycles. The molecule has 1 aromatic carbocycles. The lowest BCUT2D eigenvalue weighted by atomic mass is 9.48. The summed E-state index contributed by atoms with van der Waals surface area (Å²) in [5.41, 5.74) is 2.27. The molecule has 4 saturated carbocycles. The zero-order chi connectivity index (χ0) is 17.7. The number of aryl methyl sites for hydroxylation is 1. The van der Waals surface area contributed by atoms with E-state index in [0.717, 1.165) is 35.4 Å². The van der Waals surface area contributed by atoms with Crippen LogP contribution in [0.2, 0.25) is 0 Å². The maximum atomic E-state index is 12.6. The molecule has 4 fully saturated rings. The first-order valence-corrected chi connectivity index (χ1v) is 11.0. The molecule has 5 rings (SSSR count). The van der Waals surface area contributed by atoms with Crippen molar-refractivity contribution in [3.8, 4) is 0 Å². The first-order chi connectivity index (χ1) is 11.9. The van der Waals surface area contributed by atoms with Gasteiger partial charge < -0.3 is 0 Å².